The molecule has 0 aliphatic heterocycles. The SMILES string of the molecule is CCNC(=NCc1nc(C(C)(C)C)cs1)NC(C)c1ccc(C)o1. The van der Waals surface area contributed by atoms with E-state index in [1.165, 1.54) is 0 Å². The zero-order chi connectivity index (χ0) is 17.7. The van der Waals surface area contributed by atoms with E-state index in [-0.39, 0.29) is 11.5 Å². The first-order valence-electron chi connectivity index (χ1n) is 8.35. The van der Waals surface area contributed by atoms with Crippen LogP contribution in [0.15, 0.2) is 26.9 Å². The lowest BCUT2D eigenvalue weighted by molar-refractivity contribution is 0.441. The summed E-state index contributed by atoms with van der Waals surface area (Å²) in [5.41, 5.74) is 1.20. The Morgan fingerprint density at radius 1 is 1.38 bits per heavy atom. The molecule has 0 saturated heterocycles. The molecule has 24 heavy (non-hydrogen) atoms. The molecule has 0 spiro atoms. The van der Waals surface area contributed by atoms with Crippen LogP contribution >= 0.6 is 11.3 Å². The minimum atomic E-state index is 0.0536. The molecular weight excluding hydrogens is 320 g/mol. The maximum absolute atomic E-state index is 5.67. The largest absolute Gasteiger partial charge is 0.464 e. The number of aromatic nitrogens is 1. The average molecular weight is 349 g/mol. The Kier molecular flexibility index (Phi) is 6.04. The highest BCUT2D eigenvalue weighted by Gasteiger charge is 2.17. The van der Waals surface area contributed by atoms with E-state index in [2.05, 4.69) is 55.6 Å². The van der Waals surface area contributed by atoms with Crippen LogP contribution in [-0.2, 0) is 12.0 Å². The molecule has 0 saturated carbocycles. The lowest BCUT2D eigenvalue weighted by Crippen LogP contribution is -2.38. The van der Waals surface area contributed by atoms with E-state index in [0.717, 1.165) is 34.7 Å². The Hall–Kier alpha value is -1.82. The van der Waals surface area contributed by atoms with Crippen molar-refractivity contribution in [3.05, 3.63) is 39.7 Å². The van der Waals surface area contributed by atoms with Gasteiger partial charge < -0.3 is 15.1 Å². The van der Waals surface area contributed by atoms with Crippen molar-refractivity contribution in [1.29, 1.82) is 0 Å². The lowest BCUT2D eigenvalue weighted by atomic mass is 9.93. The first-order valence-corrected chi connectivity index (χ1v) is 9.23. The Morgan fingerprint density at radius 2 is 2.12 bits per heavy atom. The first-order chi connectivity index (χ1) is 11.3. The predicted octanol–water partition coefficient (Wildman–Crippen LogP) is 4.16. The van der Waals surface area contributed by atoms with Crippen molar-refractivity contribution in [1.82, 2.24) is 15.6 Å². The van der Waals surface area contributed by atoms with Gasteiger partial charge in [-0.2, -0.15) is 0 Å². The fraction of sp³-hybridized carbons (Fsp3) is 0.556. The number of guanidine groups is 1. The third-order valence-corrected chi connectivity index (χ3v) is 4.41. The zero-order valence-corrected chi connectivity index (χ0v) is 16.3. The van der Waals surface area contributed by atoms with Crippen molar-refractivity contribution in [2.24, 2.45) is 4.99 Å². The molecule has 0 radical (unpaired) electrons. The molecule has 6 heteroatoms. The monoisotopic (exact) mass is 348 g/mol. The molecule has 0 aromatic carbocycles. The van der Waals surface area contributed by atoms with E-state index >= 15 is 0 Å². The van der Waals surface area contributed by atoms with Gasteiger partial charge in [-0.25, -0.2) is 9.98 Å². The molecule has 0 amide bonds. The summed E-state index contributed by atoms with van der Waals surface area (Å²) in [5.74, 6) is 2.59. The number of aryl methyl sites for hydroxylation is 1. The molecule has 1 atom stereocenters. The highest BCUT2D eigenvalue weighted by molar-refractivity contribution is 7.09. The van der Waals surface area contributed by atoms with E-state index in [4.69, 9.17) is 9.40 Å². The molecule has 0 fully saturated rings. The molecule has 0 aliphatic rings. The van der Waals surface area contributed by atoms with Crippen molar-refractivity contribution in [2.75, 3.05) is 6.54 Å². The highest BCUT2D eigenvalue weighted by atomic mass is 32.1. The molecule has 2 aromatic rings. The van der Waals surface area contributed by atoms with Crippen LogP contribution in [0.5, 0.6) is 0 Å². The van der Waals surface area contributed by atoms with Gasteiger partial charge in [-0.3, -0.25) is 0 Å². The van der Waals surface area contributed by atoms with Gasteiger partial charge in [-0.15, -0.1) is 11.3 Å². The number of aliphatic imine (C=N–C) groups is 1. The van der Waals surface area contributed by atoms with Crippen LogP contribution in [0.25, 0.3) is 0 Å². The molecule has 2 N–H and O–H groups in total. The fourth-order valence-electron chi connectivity index (χ4n) is 2.16. The first kappa shape index (κ1) is 18.5. The van der Waals surface area contributed by atoms with Crippen molar-refractivity contribution >= 4 is 17.3 Å². The van der Waals surface area contributed by atoms with Crippen LogP contribution in [0, 0.1) is 6.92 Å². The Bertz CT molecular complexity index is 681. The summed E-state index contributed by atoms with van der Waals surface area (Å²) >= 11 is 1.66. The molecule has 2 rings (SSSR count). The quantitative estimate of drug-likeness (QED) is 0.629. The molecule has 0 bridgehead atoms. The number of nitrogens with zero attached hydrogens (tertiary/aromatic N) is 2. The zero-order valence-electron chi connectivity index (χ0n) is 15.4. The number of furan rings is 1. The Labute approximate surface area is 148 Å². The standard InChI is InChI=1S/C18H28N4OS/c1-7-19-17(21-13(3)14-9-8-12(2)23-14)20-10-16-22-15(11-24-16)18(4,5)6/h8-9,11,13H,7,10H2,1-6H3,(H2,19,20,21). The normalized spacial score (nSPS) is 13.8. The number of rotatable bonds is 5. The maximum Gasteiger partial charge on any atom is 0.192 e. The number of nitrogens with one attached hydrogen (secondary N) is 2. The van der Waals surface area contributed by atoms with Crippen molar-refractivity contribution < 1.29 is 4.42 Å². The molecule has 2 aromatic heterocycles. The average Bonchev–Trinajstić information content (AvgIpc) is 3.13. The minimum Gasteiger partial charge on any atom is -0.464 e. The summed E-state index contributed by atoms with van der Waals surface area (Å²) in [6.45, 7) is 14.0. The van der Waals surface area contributed by atoms with Gasteiger partial charge in [0.1, 0.15) is 16.5 Å². The lowest BCUT2D eigenvalue weighted by Gasteiger charge is -2.16. The third kappa shape index (κ3) is 5.09. The number of hydrogen-bond donors (Lipinski definition) is 2. The van der Waals surface area contributed by atoms with Gasteiger partial charge in [0.15, 0.2) is 5.96 Å². The van der Waals surface area contributed by atoms with Crippen LogP contribution in [0.2, 0.25) is 0 Å². The summed E-state index contributed by atoms with van der Waals surface area (Å²) in [5, 5.41) is 9.80. The minimum absolute atomic E-state index is 0.0536. The molecule has 2 heterocycles. The van der Waals surface area contributed by atoms with Crippen LogP contribution in [0.1, 0.15) is 62.9 Å². The molecule has 0 aliphatic carbocycles. The van der Waals surface area contributed by atoms with Gasteiger partial charge in [0, 0.05) is 17.3 Å². The summed E-state index contributed by atoms with van der Waals surface area (Å²) in [4.78, 5) is 9.34. The molecule has 5 nitrogen and oxygen atoms in total. The van der Waals surface area contributed by atoms with Gasteiger partial charge >= 0.3 is 0 Å². The topological polar surface area (TPSA) is 62.5 Å². The summed E-state index contributed by atoms with van der Waals surface area (Å²) in [7, 11) is 0. The molecule has 1 unspecified atom stereocenters. The number of thiazole rings is 1. The highest BCUT2D eigenvalue weighted by Crippen LogP contribution is 2.24. The van der Waals surface area contributed by atoms with E-state index in [1.54, 1.807) is 11.3 Å². The molecule has 132 valence electrons. The van der Waals surface area contributed by atoms with Crippen molar-refractivity contribution in [3.8, 4) is 0 Å². The summed E-state index contributed by atoms with van der Waals surface area (Å²) in [6.07, 6.45) is 0. The second kappa shape index (κ2) is 7.83. The van der Waals surface area contributed by atoms with Gasteiger partial charge in [0.05, 0.1) is 18.3 Å². The third-order valence-electron chi connectivity index (χ3n) is 3.58. The van der Waals surface area contributed by atoms with Crippen LogP contribution < -0.4 is 10.6 Å². The van der Waals surface area contributed by atoms with Crippen LogP contribution in [0.3, 0.4) is 0 Å². The summed E-state index contributed by atoms with van der Waals surface area (Å²) < 4.78 is 5.67. The van der Waals surface area contributed by atoms with Crippen molar-refractivity contribution in [2.45, 2.75) is 59.5 Å². The van der Waals surface area contributed by atoms with Crippen molar-refractivity contribution in [3.63, 3.8) is 0 Å². The van der Waals surface area contributed by atoms with Gasteiger partial charge in [-0.1, -0.05) is 20.8 Å². The van der Waals surface area contributed by atoms with Gasteiger partial charge in [0.25, 0.3) is 0 Å². The molecular formula is C18H28N4OS. The number of hydrogen-bond acceptors (Lipinski definition) is 4. The van der Waals surface area contributed by atoms with E-state index in [1.807, 2.05) is 19.1 Å². The summed E-state index contributed by atoms with van der Waals surface area (Å²) in [6, 6.07) is 4.02. The van der Waals surface area contributed by atoms with E-state index < -0.39 is 0 Å². The predicted molar refractivity (Wildman–Crippen MR) is 101 cm³/mol. The fourth-order valence-corrected chi connectivity index (χ4v) is 3.10. The Balaban J connectivity index is 2.03. The van der Waals surface area contributed by atoms with Crippen LogP contribution in [0.4, 0.5) is 0 Å². The van der Waals surface area contributed by atoms with E-state index in [9.17, 15) is 0 Å². The Morgan fingerprint density at radius 3 is 2.67 bits per heavy atom. The smallest absolute Gasteiger partial charge is 0.192 e. The second-order valence-electron chi connectivity index (χ2n) is 6.89. The van der Waals surface area contributed by atoms with E-state index in [0.29, 0.717) is 6.54 Å². The van der Waals surface area contributed by atoms with Gasteiger partial charge in [0.2, 0.25) is 0 Å². The van der Waals surface area contributed by atoms with Gasteiger partial charge in [-0.05, 0) is 32.9 Å². The van der Waals surface area contributed by atoms with Crippen LogP contribution in [-0.4, -0.2) is 17.5 Å². The maximum atomic E-state index is 5.67. The second-order valence-corrected chi connectivity index (χ2v) is 7.83.